The Kier molecular flexibility index (Phi) is 6.62. The number of hydrogen-bond acceptors (Lipinski definition) is 4. The zero-order valence-corrected chi connectivity index (χ0v) is 16.0. The van der Waals surface area contributed by atoms with Crippen LogP contribution in [0.25, 0.3) is 0 Å². The van der Waals surface area contributed by atoms with Gasteiger partial charge in [-0.15, -0.1) is 0 Å². The minimum absolute atomic E-state index is 0.208. The lowest BCUT2D eigenvalue weighted by atomic mass is 9.99. The third-order valence-corrected chi connectivity index (χ3v) is 4.49. The van der Waals surface area contributed by atoms with Crippen LogP contribution in [0.2, 0.25) is 10.0 Å². The standard InChI is InChI=1S/C18H21Cl2N3O2/c1-13-22-25-17(24)23(13)10-6-4-5-9-18(2,3)21-12-14-7-8-15(19)16(20)11-14/h4,6-8,11-12H,5,9-10H2,1-3H3/b6-4+,21-12?. The van der Waals surface area contributed by atoms with Crippen molar-refractivity contribution in [1.29, 1.82) is 0 Å². The molecule has 0 unspecified atom stereocenters. The van der Waals surface area contributed by atoms with E-state index in [0.29, 0.717) is 22.4 Å². The van der Waals surface area contributed by atoms with Gasteiger partial charge in [0.1, 0.15) is 0 Å². The quantitative estimate of drug-likeness (QED) is 0.516. The van der Waals surface area contributed by atoms with Crippen molar-refractivity contribution in [3.63, 3.8) is 0 Å². The molecule has 0 bridgehead atoms. The third-order valence-electron chi connectivity index (χ3n) is 3.75. The average molecular weight is 382 g/mol. The smallest absolute Gasteiger partial charge is 0.296 e. The molecule has 1 aromatic heterocycles. The molecule has 134 valence electrons. The second-order valence-electron chi connectivity index (χ2n) is 6.36. The molecule has 0 N–H and O–H groups in total. The minimum atomic E-state index is -0.436. The van der Waals surface area contributed by atoms with E-state index >= 15 is 0 Å². The van der Waals surface area contributed by atoms with Gasteiger partial charge in [-0.3, -0.25) is 14.1 Å². The summed E-state index contributed by atoms with van der Waals surface area (Å²) in [4.78, 5) is 16.0. The molecule has 0 fully saturated rings. The van der Waals surface area contributed by atoms with Crippen LogP contribution in [0.4, 0.5) is 0 Å². The normalized spacial score (nSPS) is 12.5. The maximum Gasteiger partial charge on any atom is 0.441 e. The summed E-state index contributed by atoms with van der Waals surface area (Å²) in [5.74, 6) is 0.134. The van der Waals surface area contributed by atoms with Crippen LogP contribution in [-0.4, -0.2) is 21.5 Å². The van der Waals surface area contributed by atoms with Crippen molar-refractivity contribution >= 4 is 29.4 Å². The van der Waals surface area contributed by atoms with Gasteiger partial charge in [0.2, 0.25) is 0 Å². The summed E-state index contributed by atoms with van der Waals surface area (Å²) < 4.78 is 6.06. The van der Waals surface area contributed by atoms with Crippen molar-refractivity contribution in [3.05, 3.63) is 62.3 Å². The molecule has 2 aromatic rings. The van der Waals surface area contributed by atoms with E-state index in [9.17, 15) is 4.79 Å². The Morgan fingerprint density at radius 2 is 2.04 bits per heavy atom. The van der Waals surface area contributed by atoms with Gasteiger partial charge < -0.3 is 0 Å². The van der Waals surface area contributed by atoms with E-state index in [1.54, 1.807) is 19.1 Å². The maximum absolute atomic E-state index is 11.4. The number of nitrogens with zero attached hydrogens (tertiary/aromatic N) is 3. The number of halogens is 2. The molecule has 0 spiro atoms. The van der Waals surface area contributed by atoms with Crippen molar-refractivity contribution < 1.29 is 4.52 Å². The lowest BCUT2D eigenvalue weighted by molar-refractivity contribution is 0.376. The van der Waals surface area contributed by atoms with Gasteiger partial charge in [0.15, 0.2) is 5.82 Å². The molecule has 0 saturated carbocycles. The molecule has 1 aromatic carbocycles. The largest absolute Gasteiger partial charge is 0.441 e. The van der Waals surface area contributed by atoms with Gasteiger partial charge in [-0.05, 0) is 51.3 Å². The number of aliphatic imine (C=N–C) groups is 1. The molecule has 2 rings (SSSR count). The highest BCUT2D eigenvalue weighted by Gasteiger charge is 2.13. The molecular weight excluding hydrogens is 361 g/mol. The van der Waals surface area contributed by atoms with E-state index in [-0.39, 0.29) is 5.54 Å². The average Bonchev–Trinajstić information content (AvgIpc) is 2.87. The highest BCUT2D eigenvalue weighted by atomic mass is 35.5. The van der Waals surface area contributed by atoms with Gasteiger partial charge >= 0.3 is 5.76 Å². The van der Waals surface area contributed by atoms with E-state index < -0.39 is 5.76 Å². The Balaban J connectivity index is 1.86. The predicted octanol–water partition coefficient (Wildman–Crippen LogP) is 4.69. The van der Waals surface area contributed by atoms with E-state index in [1.165, 1.54) is 4.57 Å². The second-order valence-corrected chi connectivity index (χ2v) is 7.17. The van der Waals surface area contributed by atoms with Crippen LogP contribution in [-0.2, 0) is 6.54 Å². The van der Waals surface area contributed by atoms with E-state index in [1.807, 2.05) is 24.4 Å². The molecule has 0 aliphatic carbocycles. The number of aryl methyl sites for hydroxylation is 1. The SMILES string of the molecule is Cc1noc(=O)n1C/C=C/CCC(C)(C)N=Cc1ccc(Cl)c(Cl)c1. The summed E-state index contributed by atoms with van der Waals surface area (Å²) in [7, 11) is 0. The Labute approximate surface area is 157 Å². The van der Waals surface area contributed by atoms with Crippen molar-refractivity contribution in [2.24, 2.45) is 4.99 Å². The Bertz CT molecular complexity index is 835. The van der Waals surface area contributed by atoms with Gasteiger partial charge in [0.25, 0.3) is 0 Å². The molecule has 0 aliphatic rings. The number of hydrogen-bond donors (Lipinski definition) is 0. The van der Waals surface area contributed by atoms with Gasteiger partial charge in [-0.2, -0.15) is 0 Å². The molecule has 5 nitrogen and oxygen atoms in total. The second kappa shape index (κ2) is 8.50. The molecule has 0 saturated heterocycles. The van der Waals surface area contributed by atoms with E-state index in [0.717, 1.165) is 18.4 Å². The van der Waals surface area contributed by atoms with Crippen molar-refractivity contribution in [2.45, 2.75) is 45.7 Å². The van der Waals surface area contributed by atoms with Crippen molar-refractivity contribution in [2.75, 3.05) is 0 Å². The predicted molar refractivity (Wildman–Crippen MR) is 102 cm³/mol. The molecule has 7 heteroatoms. The summed E-state index contributed by atoms with van der Waals surface area (Å²) in [6.45, 7) is 6.34. The summed E-state index contributed by atoms with van der Waals surface area (Å²) in [5.41, 5.74) is 0.709. The van der Waals surface area contributed by atoms with Gasteiger partial charge in [0.05, 0.1) is 15.6 Å². The Hall–Kier alpha value is -1.85. The van der Waals surface area contributed by atoms with Gasteiger partial charge in [0, 0.05) is 12.8 Å². The monoisotopic (exact) mass is 381 g/mol. The van der Waals surface area contributed by atoms with Crippen LogP contribution in [0.1, 0.15) is 38.1 Å². The topological polar surface area (TPSA) is 60.4 Å². The zero-order valence-electron chi connectivity index (χ0n) is 14.5. The fourth-order valence-corrected chi connectivity index (χ4v) is 2.49. The van der Waals surface area contributed by atoms with Crippen LogP contribution in [0.3, 0.4) is 0 Å². The lowest BCUT2D eigenvalue weighted by Crippen LogP contribution is -2.16. The summed E-state index contributed by atoms with van der Waals surface area (Å²) in [6.07, 6.45) is 7.51. The molecule has 0 radical (unpaired) electrons. The highest BCUT2D eigenvalue weighted by Crippen LogP contribution is 2.23. The number of aromatic nitrogens is 2. The van der Waals surface area contributed by atoms with Crippen molar-refractivity contribution in [3.8, 4) is 0 Å². The fourth-order valence-electron chi connectivity index (χ4n) is 2.18. The van der Waals surface area contributed by atoms with Crippen LogP contribution in [0, 0.1) is 6.92 Å². The maximum atomic E-state index is 11.4. The first-order valence-corrected chi connectivity index (χ1v) is 8.72. The summed E-state index contributed by atoms with van der Waals surface area (Å²) in [6, 6.07) is 5.44. The zero-order chi connectivity index (χ0) is 18.4. The summed E-state index contributed by atoms with van der Waals surface area (Å²) >= 11 is 11.9. The van der Waals surface area contributed by atoms with Crippen LogP contribution in [0.15, 0.2) is 44.7 Å². The first-order valence-electron chi connectivity index (χ1n) is 7.97. The highest BCUT2D eigenvalue weighted by molar-refractivity contribution is 6.42. The fraction of sp³-hybridized carbons (Fsp3) is 0.389. The molecule has 0 atom stereocenters. The number of allylic oxidation sites excluding steroid dienone is 2. The van der Waals surface area contributed by atoms with E-state index in [4.69, 9.17) is 23.2 Å². The van der Waals surface area contributed by atoms with Crippen LogP contribution >= 0.6 is 23.2 Å². The van der Waals surface area contributed by atoms with Crippen LogP contribution in [0.5, 0.6) is 0 Å². The molecule has 0 aliphatic heterocycles. The van der Waals surface area contributed by atoms with E-state index in [2.05, 4.69) is 28.5 Å². The minimum Gasteiger partial charge on any atom is -0.296 e. The van der Waals surface area contributed by atoms with Crippen LogP contribution < -0.4 is 5.76 Å². The first kappa shape index (κ1) is 19.5. The molecule has 1 heterocycles. The lowest BCUT2D eigenvalue weighted by Gasteiger charge is -2.18. The molecular formula is C18H21Cl2N3O2. The van der Waals surface area contributed by atoms with Gasteiger partial charge in [-0.1, -0.05) is 46.6 Å². The molecule has 0 amide bonds. The Morgan fingerprint density at radius 1 is 1.28 bits per heavy atom. The van der Waals surface area contributed by atoms with Crippen molar-refractivity contribution in [1.82, 2.24) is 9.72 Å². The Morgan fingerprint density at radius 3 is 2.68 bits per heavy atom. The van der Waals surface area contributed by atoms with Gasteiger partial charge in [-0.25, -0.2) is 4.79 Å². The number of rotatable bonds is 7. The third kappa shape index (κ3) is 5.87. The summed E-state index contributed by atoms with van der Waals surface area (Å²) in [5, 5.41) is 4.68. The number of benzene rings is 1. The first-order chi connectivity index (χ1) is 11.8. The molecule has 25 heavy (non-hydrogen) atoms.